The Kier molecular flexibility index (Phi) is 2.16. The van der Waals surface area contributed by atoms with E-state index in [1.54, 1.807) is 0 Å². The van der Waals surface area contributed by atoms with Gasteiger partial charge in [-0.25, -0.2) is 8.78 Å². The number of nitrogens with zero attached hydrogens (tertiary/aromatic N) is 1. The molecule has 0 N–H and O–H groups in total. The first kappa shape index (κ1) is 10.8. The maximum atomic E-state index is 13.3. The molecule has 3 rings (SSSR count). The summed E-state index contributed by atoms with van der Waals surface area (Å²) >= 11 is 0. The third kappa shape index (κ3) is 1.48. The number of nitro benzene ring substituents is 1. The quantitative estimate of drug-likeness (QED) is 0.488. The van der Waals surface area contributed by atoms with Crippen LogP contribution in [0.3, 0.4) is 0 Å². The molecule has 0 bridgehead atoms. The van der Waals surface area contributed by atoms with Gasteiger partial charge in [0.25, 0.3) is 5.69 Å². The number of rotatable bonds is 1. The highest BCUT2D eigenvalue weighted by Crippen LogP contribution is 2.42. The van der Waals surface area contributed by atoms with Gasteiger partial charge in [0, 0.05) is 0 Å². The van der Waals surface area contributed by atoms with Crippen molar-refractivity contribution in [3.05, 3.63) is 63.2 Å². The van der Waals surface area contributed by atoms with E-state index < -0.39 is 16.6 Å². The molecular formula is C13H7F2NO2. The Morgan fingerprint density at radius 3 is 2.50 bits per heavy atom. The van der Waals surface area contributed by atoms with Crippen molar-refractivity contribution in [3.63, 3.8) is 0 Å². The van der Waals surface area contributed by atoms with E-state index in [0.717, 1.165) is 6.07 Å². The van der Waals surface area contributed by atoms with Gasteiger partial charge in [-0.3, -0.25) is 10.1 Å². The van der Waals surface area contributed by atoms with Crippen molar-refractivity contribution in [3.8, 4) is 11.1 Å². The summed E-state index contributed by atoms with van der Waals surface area (Å²) in [6.07, 6.45) is 0.320. The highest BCUT2D eigenvalue weighted by Gasteiger charge is 2.28. The van der Waals surface area contributed by atoms with E-state index in [0.29, 0.717) is 28.7 Å². The number of halogens is 2. The normalized spacial score (nSPS) is 12.1. The summed E-state index contributed by atoms with van der Waals surface area (Å²) in [7, 11) is 0. The molecule has 0 atom stereocenters. The molecular weight excluding hydrogens is 240 g/mol. The SMILES string of the molecule is O=[N+]([O-])c1cc(F)cc2c1-c1ccc(F)cc1C2. The third-order valence-corrected chi connectivity index (χ3v) is 3.08. The van der Waals surface area contributed by atoms with Crippen molar-refractivity contribution in [2.45, 2.75) is 6.42 Å². The lowest BCUT2D eigenvalue weighted by Crippen LogP contribution is -1.94. The van der Waals surface area contributed by atoms with E-state index in [1.165, 1.54) is 24.3 Å². The second-order valence-corrected chi connectivity index (χ2v) is 4.19. The van der Waals surface area contributed by atoms with Crippen LogP contribution < -0.4 is 0 Å². The summed E-state index contributed by atoms with van der Waals surface area (Å²) in [4.78, 5) is 10.3. The fourth-order valence-corrected chi connectivity index (χ4v) is 2.40. The summed E-state index contributed by atoms with van der Waals surface area (Å²) in [6.45, 7) is 0. The number of benzene rings is 2. The highest BCUT2D eigenvalue weighted by molar-refractivity contribution is 5.83. The van der Waals surface area contributed by atoms with Crippen molar-refractivity contribution in [1.29, 1.82) is 0 Å². The molecule has 0 amide bonds. The van der Waals surface area contributed by atoms with Crippen LogP contribution in [0.2, 0.25) is 0 Å². The second-order valence-electron chi connectivity index (χ2n) is 4.19. The van der Waals surface area contributed by atoms with Gasteiger partial charge in [0.2, 0.25) is 0 Å². The van der Waals surface area contributed by atoms with Gasteiger partial charge in [0.1, 0.15) is 11.6 Å². The average Bonchev–Trinajstić information content (AvgIpc) is 2.64. The fourth-order valence-electron chi connectivity index (χ4n) is 2.40. The Balaban J connectivity index is 2.32. The first-order valence-electron chi connectivity index (χ1n) is 5.32. The molecule has 5 heteroatoms. The van der Waals surface area contributed by atoms with Gasteiger partial charge in [-0.2, -0.15) is 0 Å². The molecule has 3 nitrogen and oxygen atoms in total. The van der Waals surface area contributed by atoms with Crippen LogP contribution in [0.1, 0.15) is 11.1 Å². The highest BCUT2D eigenvalue weighted by atomic mass is 19.1. The Morgan fingerprint density at radius 1 is 1.06 bits per heavy atom. The fraction of sp³-hybridized carbons (Fsp3) is 0.0769. The van der Waals surface area contributed by atoms with Crippen LogP contribution in [0.25, 0.3) is 11.1 Å². The molecule has 90 valence electrons. The van der Waals surface area contributed by atoms with Crippen LogP contribution in [0.5, 0.6) is 0 Å². The van der Waals surface area contributed by atoms with Gasteiger partial charge in [-0.05, 0) is 41.3 Å². The summed E-state index contributed by atoms with van der Waals surface area (Å²) in [5.41, 5.74) is 1.92. The van der Waals surface area contributed by atoms with Crippen LogP contribution in [-0.4, -0.2) is 4.92 Å². The summed E-state index contributed by atoms with van der Waals surface area (Å²) < 4.78 is 26.4. The van der Waals surface area contributed by atoms with Crippen LogP contribution in [-0.2, 0) is 6.42 Å². The van der Waals surface area contributed by atoms with Crippen molar-refractivity contribution in [2.24, 2.45) is 0 Å². The zero-order chi connectivity index (χ0) is 12.9. The van der Waals surface area contributed by atoms with Crippen LogP contribution in [0.4, 0.5) is 14.5 Å². The minimum atomic E-state index is -0.645. The minimum absolute atomic E-state index is 0.268. The molecule has 0 radical (unpaired) electrons. The largest absolute Gasteiger partial charge is 0.280 e. The van der Waals surface area contributed by atoms with Crippen molar-refractivity contribution < 1.29 is 13.7 Å². The molecule has 0 heterocycles. The molecule has 0 unspecified atom stereocenters. The molecule has 0 fully saturated rings. The van der Waals surface area contributed by atoms with E-state index in [9.17, 15) is 18.9 Å². The third-order valence-electron chi connectivity index (χ3n) is 3.08. The van der Waals surface area contributed by atoms with E-state index in [-0.39, 0.29) is 5.69 Å². The first-order chi connectivity index (χ1) is 8.56. The van der Waals surface area contributed by atoms with E-state index >= 15 is 0 Å². The zero-order valence-electron chi connectivity index (χ0n) is 9.11. The smallest absolute Gasteiger partial charge is 0.258 e. The Labute approximate surface area is 101 Å². The molecule has 0 spiro atoms. The number of fused-ring (bicyclic) bond motifs is 3. The monoisotopic (exact) mass is 247 g/mol. The molecule has 0 saturated heterocycles. The average molecular weight is 247 g/mol. The predicted molar refractivity (Wildman–Crippen MR) is 61.3 cm³/mol. The maximum absolute atomic E-state index is 13.3. The molecule has 1 aliphatic carbocycles. The number of hydrogen-bond donors (Lipinski definition) is 0. The Hall–Kier alpha value is -2.30. The Morgan fingerprint density at radius 2 is 1.78 bits per heavy atom. The lowest BCUT2D eigenvalue weighted by Gasteiger charge is -2.02. The number of nitro groups is 1. The predicted octanol–water partition coefficient (Wildman–Crippen LogP) is 3.44. The zero-order valence-corrected chi connectivity index (χ0v) is 9.11. The van der Waals surface area contributed by atoms with Crippen molar-refractivity contribution >= 4 is 5.69 Å². The van der Waals surface area contributed by atoms with Crippen molar-refractivity contribution in [2.75, 3.05) is 0 Å². The molecule has 18 heavy (non-hydrogen) atoms. The standard InChI is InChI=1S/C13H7F2NO2/c14-9-1-2-11-7(4-9)3-8-5-10(15)6-12(13(8)11)16(17)18/h1-2,4-6H,3H2. The summed E-state index contributed by atoms with van der Waals surface area (Å²) in [5, 5.41) is 11.0. The van der Waals surface area contributed by atoms with Gasteiger partial charge in [-0.1, -0.05) is 6.07 Å². The summed E-state index contributed by atoms with van der Waals surface area (Å²) in [6, 6.07) is 6.25. The first-order valence-corrected chi connectivity index (χ1v) is 5.32. The van der Waals surface area contributed by atoms with E-state index in [1.807, 2.05) is 0 Å². The van der Waals surface area contributed by atoms with Gasteiger partial charge in [0.05, 0.1) is 16.6 Å². The van der Waals surface area contributed by atoms with Crippen molar-refractivity contribution in [1.82, 2.24) is 0 Å². The van der Waals surface area contributed by atoms with Gasteiger partial charge >= 0.3 is 0 Å². The topological polar surface area (TPSA) is 43.1 Å². The lowest BCUT2D eigenvalue weighted by atomic mass is 10.0. The van der Waals surface area contributed by atoms with Crippen LogP contribution in [0, 0.1) is 21.7 Å². The van der Waals surface area contributed by atoms with E-state index in [2.05, 4.69) is 0 Å². The summed E-state index contributed by atoms with van der Waals surface area (Å²) in [5.74, 6) is -1.04. The lowest BCUT2D eigenvalue weighted by molar-refractivity contribution is -0.384. The molecule has 2 aromatic rings. The molecule has 0 aromatic heterocycles. The minimum Gasteiger partial charge on any atom is -0.258 e. The number of hydrogen-bond acceptors (Lipinski definition) is 2. The maximum Gasteiger partial charge on any atom is 0.280 e. The molecule has 1 aliphatic rings. The van der Waals surface area contributed by atoms with Gasteiger partial charge < -0.3 is 0 Å². The molecule has 2 aromatic carbocycles. The van der Waals surface area contributed by atoms with Crippen LogP contribution >= 0.6 is 0 Å². The van der Waals surface area contributed by atoms with Gasteiger partial charge in [-0.15, -0.1) is 0 Å². The van der Waals surface area contributed by atoms with Crippen LogP contribution in [0.15, 0.2) is 30.3 Å². The van der Waals surface area contributed by atoms with Gasteiger partial charge in [0.15, 0.2) is 0 Å². The molecule has 0 saturated carbocycles. The molecule has 0 aliphatic heterocycles. The second kappa shape index (κ2) is 3.60. The Bertz CT molecular complexity index is 683. The van der Waals surface area contributed by atoms with E-state index in [4.69, 9.17) is 0 Å².